The van der Waals surface area contributed by atoms with E-state index in [4.69, 9.17) is 18.9 Å². The molecule has 1 fully saturated rings. The molecule has 28 heavy (non-hydrogen) atoms. The Morgan fingerprint density at radius 1 is 0.929 bits per heavy atom. The van der Waals surface area contributed by atoms with Crippen molar-refractivity contribution in [1.82, 2.24) is 0 Å². The number of carbonyl (C=O) groups is 1. The van der Waals surface area contributed by atoms with Gasteiger partial charge in [-0.25, -0.2) is 4.79 Å². The van der Waals surface area contributed by atoms with Crippen molar-refractivity contribution in [3.63, 3.8) is 0 Å². The summed E-state index contributed by atoms with van der Waals surface area (Å²) in [7, 11) is 3.15. The smallest absolute Gasteiger partial charge is 0.342 e. The molecule has 1 aliphatic carbocycles. The maximum atomic E-state index is 12.7. The van der Waals surface area contributed by atoms with Crippen LogP contribution in [0.4, 0.5) is 0 Å². The first-order valence-electron chi connectivity index (χ1n) is 9.77. The zero-order chi connectivity index (χ0) is 19.8. The lowest BCUT2D eigenvalue weighted by Crippen LogP contribution is -2.37. The van der Waals surface area contributed by atoms with Crippen LogP contribution < -0.4 is 4.74 Å². The Balaban J connectivity index is 1.74. The molecule has 2 aromatic rings. The van der Waals surface area contributed by atoms with E-state index in [1.54, 1.807) is 32.4 Å². The van der Waals surface area contributed by atoms with Gasteiger partial charge in [0.15, 0.2) is 0 Å². The molecule has 0 saturated heterocycles. The average Bonchev–Trinajstić information content (AvgIpc) is 2.76. The van der Waals surface area contributed by atoms with Crippen molar-refractivity contribution in [3.8, 4) is 5.75 Å². The highest BCUT2D eigenvalue weighted by Gasteiger charge is 2.34. The molecule has 1 saturated carbocycles. The average molecular weight is 384 g/mol. The molecule has 0 bridgehead atoms. The predicted molar refractivity (Wildman–Crippen MR) is 106 cm³/mol. The molecule has 0 aromatic heterocycles. The maximum absolute atomic E-state index is 12.7. The summed E-state index contributed by atoms with van der Waals surface area (Å²) in [6.45, 7) is 0.0950. The molecule has 5 heteroatoms. The van der Waals surface area contributed by atoms with E-state index < -0.39 is 5.79 Å². The third-order valence-corrected chi connectivity index (χ3v) is 5.22. The van der Waals surface area contributed by atoms with Gasteiger partial charge in [0, 0.05) is 19.8 Å². The van der Waals surface area contributed by atoms with Crippen molar-refractivity contribution >= 4 is 5.97 Å². The fraction of sp³-hybridized carbons (Fsp3) is 0.435. The van der Waals surface area contributed by atoms with Crippen molar-refractivity contribution in [2.24, 2.45) is 0 Å². The van der Waals surface area contributed by atoms with Crippen LogP contribution in [0.5, 0.6) is 5.75 Å². The number of rotatable bonds is 8. The molecule has 2 aromatic carbocycles. The number of hydrogen-bond donors (Lipinski definition) is 0. The monoisotopic (exact) mass is 384 g/mol. The van der Waals surface area contributed by atoms with Crippen molar-refractivity contribution in [2.45, 2.75) is 44.0 Å². The highest BCUT2D eigenvalue weighted by molar-refractivity contribution is 5.92. The van der Waals surface area contributed by atoms with Gasteiger partial charge in [0.05, 0.1) is 0 Å². The van der Waals surface area contributed by atoms with Gasteiger partial charge >= 0.3 is 5.97 Å². The highest BCUT2D eigenvalue weighted by Crippen LogP contribution is 2.29. The van der Waals surface area contributed by atoms with Gasteiger partial charge in [-0.05, 0) is 37.8 Å². The Hall–Kier alpha value is -2.37. The topological polar surface area (TPSA) is 54.0 Å². The largest absolute Gasteiger partial charge is 0.487 e. The van der Waals surface area contributed by atoms with E-state index in [0.29, 0.717) is 11.3 Å². The molecule has 0 heterocycles. The number of methoxy groups -OCH3 is 2. The Bertz CT molecular complexity index is 749. The number of benzene rings is 2. The summed E-state index contributed by atoms with van der Waals surface area (Å²) in [5.74, 6) is -0.956. The summed E-state index contributed by atoms with van der Waals surface area (Å²) >= 11 is 0. The fourth-order valence-electron chi connectivity index (χ4n) is 3.54. The third kappa shape index (κ3) is 4.72. The minimum atomic E-state index is -1.07. The minimum absolute atomic E-state index is 0.00401. The summed E-state index contributed by atoms with van der Waals surface area (Å²) in [5, 5.41) is 0. The molecule has 0 aliphatic heterocycles. The lowest BCUT2D eigenvalue weighted by Gasteiger charge is -2.31. The van der Waals surface area contributed by atoms with Crippen LogP contribution >= 0.6 is 0 Å². The number of carbonyl (C=O) groups excluding carboxylic acids is 1. The summed E-state index contributed by atoms with van der Waals surface area (Å²) in [4.78, 5) is 12.7. The number of hydrogen-bond acceptors (Lipinski definition) is 5. The van der Waals surface area contributed by atoms with Gasteiger partial charge in [-0.15, -0.1) is 0 Å². The molecule has 1 aliphatic rings. The summed E-state index contributed by atoms with van der Waals surface area (Å²) in [6, 6.07) is 16.7. The van der Waals surface area contributed by atoms with E-state index >= 15 is 0 Å². The van der Waals surface area contributed by atoms with Gasteiger partial charge in [0.25, 0.3) is 0 Å². The lowest BCUT2D eigenvalue weighted by molar-refractivity contribution is -0.231. The van der Waals surface area contributed by atoms with E-state index in [1.165, 1.54) is 6.42 Å². The normalized spacial score (nSPS) is 15.2. The Kier molecular flexibility index (Phi) is 7.06. The van der Waals surface area contributed by atoms with Crippen LogP contribution in [-0.4, -0.2) is 32.9 Å². The molecule has 0 unspecified atom stereocenters. The first-order valence-corrected chi connectivity index (χ1v) is 9.77. The second kappa shape index (κ2) is 9.71. The maximum Gasteiger partial charge on any atom is 0.342 e. The second-order valence-corrected chi connectivity index (χ2v) is 6.98. The predicted octanol–water partition coefficient (Wildman–Crippen LogP) is 4.70. The van der Waals surface area contributed by atoms with E-state index in [1.807, 2.05) is 36.4 Å². The molecule has 0 atom stereocenters. The zero-order valence-corrected chi connectivity index (χ0v) is 16.6. The summed E-state index contributed by atoms with van der Waals surface area (Å²) in [6.07, 6.45) is 5.28. The van der Waals surface area contributed by atoms with Crippen molar-refractivity contribution < 1.29 is 23.7 Å². The van der Waals surface area contributed by atoms with Gasteiger partial charge in [-0.2, -0.15) is 0 Å². The molecule has 0 radical (unpaired) electrons. The van der Waals surface area contributed by atoms with Crippen molar-refractivity contribution in [3.05, 3.63) is 65.7 Å². The van der Waals surface area contributed by atoms with Crippen molar-refractivity contribution in [2.75, 3.05) is 20.8 Å². The van der Waals surface area contributed by atoms with Crippen molar-refractivity contribution in [1.29, 1.82) is 0 Å². The molecule has 0 amide bonds. The van der Waals surface area contributed by atoms with E-state index in [-0.39, 0.29) is 18.7 Å². The Morgan fingerprint density at radius 2 is 1.57 bits per heavy atom. The van der Waals surface area contributed by atoms with Gasteiger partial charge in [0.1, 0.15) is 24.0 Å². The van der Waals surface area contributed by atoms with Gasteiger partial charge in [0.2, 0.25) is 5.79 Å². The zero-order valence-electron chi connectivity index (χ0n) is 16.6. The number of ether oxygens (including phenoxy) is 4. The molecular formula is C23H28O5. The van der Waals surface area contributed by atoms with E-state index in [2.05, 4.69) is 0 Å². The van der Waals surface area contributed by atoms with Crippen LogP contribution in [0.3, 0.4) is 0 Å². The molecule has 3 rings (SSSR count). The van der Waals surface area contributed by atoms with Crippen LogP contribution in [0.15, 0.2) is 54.6 Å². The van der Waals surface area contributed by atoms with E-state index in [0.717, 1.165) is 31.2 Å². The molecule has 0 N–H and O–H groups in total. The van der Waals surface area contributed by atoms with Crippen LogP contribution in [-0.2, 0) is 20.0 Å². The SMILES string of the molecule is COC(COc1ccccc1C(=O)OC1CCCCC1)(OC)c1ccccc1. The second-order valence-electron chi connectivity index (χ2n) is 6.98. The Morgan fingerprint density at radius 3 is 2.25 bits per heavy atom. The first kappa shape index (κ1) is 20.4. The van der Waals surface area contributed by atoms with Crippen LogP contribution in [0.2, 0.25) is 0 Å². The molecule has 150 valence electrons. The van der Waals surface area contributed by atoms with Crippen LogP contribution in [0.25, 0.3) is 0 Å². The van der Waals surface area contributed by atoms with Crippen LogP contribution in [0, 0.1) is 0 Å². The third-order valence-electron chi connectivity index (χ3n) is 5.22. The van der Waals surface area contributed by atoms with E-state index in [9.17, 15) is 4.79 Å². The number of esters is 1. The van der Waals surface area contributed by atoms with Crippen LogP contribution in [0.1, 0.15) is 48.0 Å². The summed E-state index contributed by atoms with van der Waals surface area (Å²) < 4.78 is 23.0. The standard InChI is InChI=1S/C23H28O5/c1-25-23(26-2,18-11-5-3-6-12-18)17-27-21-16-10-9-15-20(21)22(24)28-19-13-7-4-8-14-19/h3,5-6,9-12,15-16,19H,4,7-8,13-14,17H2,1-2H3. The molecule has 0 spiro atoms. The number of para-hydroxylation sites is 1. The van der Waals surface area contributed by atoms with Gasteiger partial charge in [-0.1, -0.05) is 48.9 Å². The fourth-order valence-corrected chi connectivity index (χ4v) is 3.54. The molecule has 5 nitrogen and oxygen atoms in total. The lowest BCUT2D eigenvalue weighted by atomic mass is 9.98. The minimum Gasteiger partial charge on any atom is -0.487 e. The van der Waals surface area contributed by atoms with Gasteiger partial charge < -0.3 is 18.9 Å². The van der Waals surface area contributed by atoms with Gasteiger partial charge in [-0.3, -0.25) is 0 Å². The quantitative estimate of drug-likeness (QED) is 0.488. The highest BCUT2D eigenvalue weighted by atomic mass is 16.7. The summed E-state index contributed by atoms with van der Waals surface area (Å²) in [5.41, 5.74) is 1.25. The Labute approximate surface area is 166 Å². The molecular weight excluding hydrogens is 356 g/mol. The first-order chi connectivity index (χ1) is 13.7.